The summed E-state index contributed by atoms with van der Waals surface area (Å²) in [4.78, 5) is 11.2. The first-order chi connectivity index (χ1) is 12.3. The van der Waals surface area contributed by atoms with Gasteiger partial charge < -0.3 is 10.4 Å². The van der Waals surface area contributed by atoms with Gasteiger partial charge >= 0.3 is 5.97 Å². The number of rotatable bonds is 9. The molecule has 2 aromatic carbocycles. The predicted molar refractivity (Wildman–Crippen MR) is 102 cm³/mol. The molecule has 26 heavy (non-hydrogen) atoms. The molecule has 0 spiro atoms. The van der Waals surface area contributed by atoms with Gasteiger partial charge in [-0.05, 0) is 37.1 Å². The van der Waals surface area contributed by atoms with Crippen molar-refractivity contribution in [3.63, 3.8) is 0 Å². The quantitative estimate of drug-likeness (QED) is 0.623. The average Bonchev–Trinajstić information content (AvgIpc) is 2.61. The van der Waals surface area contributed by atoms with Crippen LogP contribution in [0.3, 0.4) is 0 Å². The van der Waals surface area contributed by atoms with Crippen LogP contribution < -0.4 is 10.0 Å². The van der Waals surface area contributed by atoms with E-state index in [0.717, 1.165) is 18.4 Å². The van der Waals surface area contributed by atoms with Crippen LogP contribution in [0.25, 0.3) is 0 Å². The SMILES string of the molecule is CCCC(C)Nc1ccc(C(=O)O)cc1S(=O)(=O)NCc1ccccc1. The summed E-state index contributed by atoms with van der Waals surface area (Å²) in [6.07, 6.45) is 1.83. The summed E-state index contributed by atoms with van der Waals surface area (Å²) in [5, 5.41) is 12.4. The molecule has 0 aliphatic rings. The summed E-state index contributed by atoms with van der Waals surface area (Å²) >= 11 is 0. The Morgan fingerprint density at radius 1 is 1.15 bits per heavy atom. The Balaban J connectivity index is 2.33. The van der Waals surface area contributed by atoms with Crippen molar-refractivity contribution >= 4 is 21.7 Å². The van der Waals surface area contributed by atoms with E-state index in [9.17, 15) is 18.3 Å². The number of anilines is 1. The first kappa shape index (κ1) is 19.9. The molecule has 0 heterocycles. The Hall–Kier alpha value is -2.38. The molecule has 0 amide bonds. The number of aromatic carboxylic acids is 1. The van der Waals surface area contributed by atoms with E-state index >= 15 is 0 Å². The molecule has 0 saturated carbocycles. The fraction of sp³-hybridized carbons (Fsp3) is 0.316. The zero-order valence-electron chi connectivity index (χ0n) is 14.9. The molecule has 2 aromatic rings. The first-order valence-electron chi connectivity index (χ1n) is 8.51. The first-order valence-corrected chi connectivity index (χ1v) is 9.99. The highest BCUT2D eigenvalue weighted by atomic mass is 32.2. The van der Waals surface area contributed by atoms with Gasteiger partial charge in [-0.1, -0.05) is 43.7 Å². The second-order valence-corrected chi connectivity index (χ2v) is 7.90. The van der Waals surface area contributed by atoms with Crippen molar-refractivity contribution in [2.75, 3.05) is 5.32 Å². The third kappa shape index (κ3) is 5.31. The van der Waals surface area contributed by atoms with Crippen LogP contribution in [0.2, 0.25) is 0 Å². The summed E-state index contributed by atoms with van der Waals surface area (Å²) < 4.78 is 28.1. The molecule has 0 aliphatic carbocycles. The smallest absolute Gasteiger partial charge is 0.335 e. The number of hydrogen-bond donors (Lipinski definition) is 3. The van der Waals surface area contributed by atoms with E-state index in [1.54, 1.807) is 0 Å². The van der Waals surface area contributed by atoms with Crippen molar-refractivity contribution in [1.82, 2.24) is 4.72 Å². The molecule has 0 radical (unpaired) electrons. The summed E-state index contributed by atoms with van der Waals surface area (Å²) in [5.41, 5.74) is 1.15. The lowest BCUT2D eigenvalue weighted by molar-refractivity contribution is 0.0696. The number of nitrogens with one attached hydrogen (secondary N) is 2. The maximum absolute atomic E-state index is 12.8. The Morgan fingerprint density at radius 3 is 2.46 bits per heavy atom. The van der Waals surface area contributed by atoms with Crippen molar-refractivity contribution in [3.05, 3.63) is 59.7 Å². The van der Waals surface area contributed by atoms with E-state index in [1.165, 1.54) is 18.2 Å². The van der Waals surface area contributed by atoms with Crippen LogP contribution in [-0.2, 0) is 16.6 Å². The maximum Gasteiger partial charge on any atom is 0.335 e. The molecule has 0 fully saturated rings. The van der Waals surface area contributed by atoms with Crippen molar-refractivity contribution in [2.24, 2.45) is 0 Å². The zero-order chi connectivity index (χ0) is 19.2. The lowest BCUT2D eigenvalue weighted by Gasteiger charge is -2.18. The zero-order valence-corrected chi connectivity index (χ0v) is 15.7. The van der Waals surface area contributed by atoms with Gasteiger partial charge in [-0.15, -0.1) is 0 Å². The van der Waals surface area contributed by atoms with Crippen LogP contribution in [0.5, 0.6) is 0 Å². The van der Waals surface area contributed by atoms with Gasteiger partial charge in [0.1, 0.15) is 4.90 Å². The van der Waals surface area contributed by atoms with Crippen molar-refractivity contribution in [2.45, 2.75) is 44.2 Å². The average molecular weight is 376 g/mol. The third-order valence-corrected chi connectivity index (χ3v) is 5.39. The molecule has 140 valence electrons. The van der Waals surface area contributed by atoms with Crippen LogP contribution in [0, 0.1) is 0 Å². The molecule has 3 N–H and O–H groups in total. The molecule has 7 heteroatoms. The summed E-state index contributed by atoms with van der Waals surface area (Å²) in [5.74, 6) is -1.17. The van der Waals surface area contributed by atoms with Gasteiger partial charge in [0, 0.05) is 12.6 Å². The number of hydrogen-bond acceptors (Lipinski definition) is 4. The second-order valence-electron chi connectivity index (χ2n) is 6.16. The Kier molecular flexibility index (Phi) is 6.76. The van der Waals surface area contributed by atoms with Gasteiger partial charge in [-0.3, -0.25) is 0 Å². The largest absolute Gasteiger partial charge is 0.478 e. The van der Waals surface area contributed by atoms with Crippen LogP contribution in [0.4, 0.5) is 5.69 Å². The standard InChI is InChI=1S/C19H24N2O4S/c1-3-7-14(2)21-17-11-10-16(19(22)23)12-18(17)26(24,25)20-13-15-8-5-4-6-9-15/h4-6,8-12,14,20-21H,3,7,13H2,1-2H3,(H,22,23). The Labute approximate surface area is 154 Å². The molecular weight excluding hydrogens is 352 g/mol. The number of carboxylic acids is 1. The van der Waals surface area contributed by atoms with Crippen LogP contribution >= 0.6 is 0 Å². The summed E-state index contributed by atoms with van der Waals surface area (Å²) in [6.45, 7) is 4.14. The van der Waals surface area contributed by atoms with Crippen molar-refractivity contribution < 1.29 is 18.3 Å². The fourth-order valence-corrected chi connectivity index (χ4v) is 3.83. The van der Waals surface area contributed by atoms with Gasteiger partial charge in [-0.25, -0.2) is 17.9 Å². The number of benzene rings is 2. The van der Waals surface area contributed by atoms with Gasteiger partial charge in [0.05, 0.1) is 11.3 Å². The van der Waals surface area contributed by atoms with Crippen LogP contribution in [0.1, 0.15) is 42.6 Å². The molecule has 1 unspecified atom stereocenters. The molecule has 0 saturated heterocycles. The maximum atomic E-state index is 12.8. The minimum atomic E-state index is -3.88. The van der Waals surface area contributed by atoms with Crippen molar-refractivity contribution in [3.8, 4) is 0 Å². The van der Waals surface area contributed by atoms with E-state index in [4.69, 9.17) is 0 Å². The highest BCUT2D eigenvalue weighted by Crippen LogP contribution is 2.24. The molecule has 1 atom stereocenters. The number of carbonyl (C=O) groups is 1. The lowest BCUT2D eigenvalue weighted by atomic mass is 10.1. The number of carboxylic acid groups (broad SMARTS) is 1. The molecule has 0 bridgehead atoms. The molecule has 2 rings (SSSR count). The van der Waals surface area contributed by atoms with E-state index < -0.39 is 16.0 Å². The van der Waals surface area contributed by atoms with Gasteiger partial charge in [-0.2, -0.15) is 0 Å². The minimum absolute atomic E-state index is 0.0590. The lowest BCUT2D eigenvalue weighted by Crippen LogP contribution is -2.26. The van der Waals surface area contributed by atoms with E-state index in [1.807, 2.05) is 44.2 Å². The molecular formula is C19H24N2O4S. The Bertz CT molecular complexity index is 851. The highest BCUT2D eigenvalue weighted by Gasteiger charge is 2.21. The van der Waals surface area contributed by atoms with E-state index in [-0.39, 0.29) is 23.0 Å². The normalized spacial score (nSPS) is 12.5. The van der Waals surface area contributed by atoms with E-state index in [0.29, 0.717) is 5.69 Å². The van der Waals surface area contributed by atoms with Crippen molar-refractivity contribution in [1.29, 1.82) is 0 Å². The number of sulfonamides is 1. The van der Waals surface area contributed by atoms with E-state index in [2.05, 4.69) is 10.0 Å². The monoisotopic (exact) mass is 376 g/mol. The molecule has 0 aliphatic heterocycles. The second kappa shape index (κ2) is 8.82. The predicted octanol–water partition coefficient (Wildman–Crippen LogP) is 3.46. The topological polar surface area (TPSA) is 95.5 Å². The molecule has 6 nitrogen and oxygen atoms in total. The molecule has 0 aromatic heterocycles. The van der Waals surface area contributed by atoms with Gasteiger partial charge in [0.15, 0.2) is 0 Å². The Morgan fingerprint density at radius 2 is 1.85 bits per heavy atom. The van der Waals surface area contributed by atoms with Crippen LogP contribution in [-0.4, -0.2) is 25.5 Å². The highest BCUT2D eigenvalue weighted by molar-refractivity contribution is 7.89. The van der Waals surface area contributed by atoms with Crippen LogP contribution in [0.15, 0.2) is 53.4 Å². The summed E-state index contributed by atoms with van der Waals surface area (Å²) in [6, 6.07) is 13.3. The summed E-state index contributed by atoms with van der Waals surface area (Å²) in [7, 11) is -3.88. The fourth-order valence-electron chi connectivity index (χ4n) is 2.62. The van der Waals surface area contributed by atoms with Gasteiger partial charge in [0.25, 0.3) is 0 Å². The third-order valence-electron chi connectivity index (χ3n) is 3.95. The van der Waals surface area contributed by atoms with Gasteiger partial charge in [0.2, 0.25) is 10.0 Å². The minimum Gasteiger partial charge on any atom is -0.478 e.